The minimum absolute atomic E-state index is 0.0282. The van der Waals surface area contributed by atoms with Crippen molar-refractivity contribution in [2.45, 2.75) is 25.1 Å². The van der Waals surface area contributed by atoms with E-state index in [1.54, 1.807) is 0 Å². The van der Waals surface area contributed by atoms with E-state index in [0.717, 1.165) is 6.26 Å². The first-order valence-electron chi connectivity index (χ1n) is 7.16. The second-order valence-electron chi connectivity index (χ2n) is 5.48. The van der Waals surface area contributed by atoms with Crippen LogP contribution in [0.3, 0.4) is 0 Å². The molecule has 7 nitrogen and oxygen atoms in total. The van der Waals surface area contributed by atoms with Crippen molar-refractivity contribution in [3.63, 3.8) is 0 Å². The Balaban J connectivity index is 1.92. The molecule has 1 unspecified atom stereocenters. The van der Waals surface area contributed by atoms with E-state index >= 15 is 0 Å². The molecule has 1 aromatic rings. The molecule has 1 aliphatic heterocycles. The van der Waals surface area contributed by atoms with Gasteiger partial charge in [-0.05, 0) is 18.8 Å². The van der Waals surface area contributed by atoms with Crippen molar-refractivity contribution in [2.75, 3.05) is 19.7 Å². The highest BCUT2D eigenvalue weighted by Gasteiger charge is 2.41. The molecule has 0 aromatic carbocycles. The zero-order valence-electron chi connectivity index (χ0n) is 12.5. The largest absolute Gasteiger partial charge is 0.486 e. The third-order valence-electron chi connectivity index (χ3n) is 3.76. The third kappa shape index (κ3) is 4.40. The van der Waals surface area contributed by atoms with Crippen LogP contribution in [-0.2, 0) is 0 Å². The summed E-state index contributed by atoms with van der Waals surface area (Å²) in [5, 5.41) is 17.9. The fourth-order valence-electron chi connectivity index (χ4n) is 2.32. The third-order valence-corrected chi connectivity index (χ3v) is 3.76. The van der Waals surface area contributed by atoms with Gasteiger partial charge in [-0.3, -0.25) is 4.79 Å². The number of aliphatic hydroxyl groups is 1. The SMILES string of the molecule is O=C(O)N1CCC(COc2coc(C(O)C(F)(F)F)cc2=O)CC1. The average Bonchev–Trinajstić information content (AvgIpc) is 2.52. The summed E-state index contributed by atoms with van der Waals surface area (Å²) in [6.45, 7) is 0.836. The Morgan fingerprint density at radius 1 is 1.42 bits per heavy atom. The number of piperidine rings is 1. The smallest absolute Gasteiger partial charge is 0.421 e. The number of halogens is 3. The molecule has 1 aromatic heterocycles. The van der Waals surface area contributed by atoms with Gasteiger partial charge in [-0.2, -0.15) is 13.2 Å². The van der Waals surface area contributed by atoms with Crippen LogP contribution in [0.1, 0.15) is 24.7 Å². The quantitative estimate of drug-likeness (QED) is 0.861. The Morgan fingerprint density at radius 3 is 2.54 bits per heavy atom. The average molecular weight is 351 g/mol. The number of carbonyl (C=O) groups is 1. The van der Waals surface area contributed by atoms with Crippen LogP contribution in [-0.4, -0.2) is 47.1 Å². The highest BCUT2D eigenvalue weighted by Crippen LogP contribution is 2.32. The molecule has 0 aliphatic carbocycles. The zero-order chi connectivity index (χ0) is 17.9. The first kappa shape index (κ1) is 18.1. The summed E-state index contributed by atoms with van der Waals surface area (Å²) < 4.78 is 47.0. The van der Waals surface area contributed by atoms with Crippen LogP contribution in [0.5, 0.6) is 5.75 Å². The van der Waals surface area contributed by atoms with E-state index in [9.17, 15) is 22.8 Å². The lowest BCUT2D eigenvalue weighted by Gasteiger charge is -2.29. The van der Waals surface area contributed by atoms with Gasteiger partial charge in [0.2, 0.25) is 17.3 Å². The summed E-state index contributed by atoms with van der Waals surface area (Å²) in [5.74, 6) is -1.14. The number of hydrogen-bond acceptors (Lipinski definition) is 5. The molecule has 0 saturated carbocycles. The Bertz CT molecular complexity index is 636. The van der Waals surface area contributed by atoms with Gasteiger partial charge in [0.15, 0.2) is 0 Å². The highest BCUT2D eigenvalue weighted by molar-refractivity contribution is 5.64. The van der Waals surface area contributed by atoms with Gasteiger partial charge in [-0.1, -0.05) is 0 Å². The summed E-state index contributed by atoms with van der Waals surface area (Å²) >= 11 is 0. The number of amides is 1. The molecule has 2 N–H and O–H groups in total. The summed E-state index contributed by atoms with van der Waals surface area (Å²) in [7, 11) is 0. The van der Waals surface area contributed by atoms with Crippen LogP contribution in [0, 0.1) is 5.92 Å². The minimum Gasteiger partial charge on any atom is -0.486 e. The van der Waals surface area contributed by atoms with E-state index in [1.165, 1.54) is 4.90 Å². The molecule has 1 atom stereocenters. The maximum atomic E-state index is 12.4. The molecule has 0 bridgehead atoms. The van der Waals surface area contributed by atoms with Crippen LogP contribution in [0.15, 0.2) is 21.5 Å². The first-order chi connectivity index (χ1) is 11.2. The van der Waals surface area contributed by atoms with Crippen molar-refractivity contribution in [1.29, 1.82) is 0 Å². The number of alkyl halides is 3. The van der Waals surface area contributed by atoms with Crippen molar-refractivity contribution in [1.82, 2.24) is 4.90 Å². The van der Waals surface area contributed by atoms with Crippen molar-refractivity contribution < 1.29 is 37.3 Å². The molecule has 0 spiro atoms. The van der Waals surface area contributed by atoms with Crippen LogP contribution in [0.2, 0.25) is 0 Å². The molecular weight excluding hydrogens is 335 g/mol. The molecule has 1 aliphatic rings. The maximum absolute atomic E-state index is 12.4. The number of ether oxygens (including phenoxy) is 1. The van der Waals surface area contributed by atoms with E-state index in [1.807, 2.05) is 0 Å². The van der Waals surface area contributed by atoms with Gasteiger partial charge in [0.05, 0.1) is 6.61 Å². The molecule has 2 rings (SSSR count). The standard InChI is InChI=1S/C14H16F3NO6/c15-14(16,17)12(20)10-5-9(19)11(7-24-10)23-6-8-1-3-18(4-2-8)13(21)22/h5,7-8,12,20H,1-4,6H2,(H,21,22). The fraction of sp³-hybridized carbons (Fsp3) is 0.571. The van der Waals surface area contributed by atoms with Crippen LogP contribution < -0.4 is 10.2 Å². The van der Waals surface area contributed by atoms with Gasteiger partial charge in [0.1, 0.15) is 12.0 Å². The number of likely N-dealkylation sites (tertiary alicyclic amines) is 1. The van der Waals surface area contributed by atoms with Gasteiger partial charge in [-0.15, -0.1) is 0 Å². The van der Waals surface area contributed by atoms with Crippen LogP contribution in [0.4, 0.5) is 18.0 Å². The first-order valence-corrected chi connectivity index (χ1v) is 7.16. The van der Waals surface area contributed by atoms with E-state index in [-0.39, 0.29) is 18.3 Å². The maximum Gasteiger partial charge on any atom is 0.421 e. The van der Waals surface area contributed by atoms with Crippen molar-refractivity contribution in [2.24, 2.45) is 5.92 Å². The second-order valence-corrected chi connectivity index (χ2v) is 5.48. The molecule has 2 heterocycles. The Kier molecular flexibility index (Phi) is 5.37. The monoisotopic (exact) mass is 351 g/mol. The summed E-state index contributed by atoms with van der Waals surface area (Å²) in [4.78, 5) is 23.8. The minimum atomic E-state index is -4.93. The van der Waals surface area contributed by atoms with Gasteiger partial charge < -0.3 is 24.3 Å². The number of rotatable bonds is 4. The second kappa shape index (κ2) is 7.12. The van der Waals surface area contributed by atoms with E-state index in [4.69, 9.17) is 14.9 Å². The summed E-state index contributed by atoms with van der Waals surface area (Å²) in [6.07, 6.45) is -6.95. The van der Waals surface area contributed by atoms with Crippen molar-refractivity contribution >= 4 is 6.09 Å². The zero-order valence-corrected chi connectivity index (χ0v) is 12.5. The Labute approximate surface area is 134 Å². The fourth-order valence-corrected chi connectivity index (χ4v) is 2.32. The predicted molar refractivity (Wildman–Crippen MR) is 73.8 cm³/mol. The van der Waals surface area contributed by atoms with Crippen molar-refractivity contribution in [3.05, 3.63) is 28.3 Å². The number of hydrogen-bond donors (Lipinski definition) is 2. The van der Waals surface area contributed by atoms with Crippen molar-refractivity contribution in [3.8, 4) is 5.75 Å². The number of carboxylic acid groups (broad SMARTS) is 1. The molecule has 10 heteroatoms. The summed E-state index contributed by atoms with van der Waals surface area (Å²) in [5.41, 5.74) is -0.831. The molecule has 0 radical (unpaired) electrons. The van der Waals surface area contributed by atoms with Gasteiger partial charge >= 0.3 is 12.3 Å². The lowest BCUT2D eigenvalue weighted by Crippen LogP contribution is -2.38. The van der Waals surface area contributed by atoms with Crippen LogP contribution >= 0.6 is 0 Å². The molecule has 24 heavy (non-hydrogen) atoms. The lowest BCUT2D eigenvalue weighted by atomic mass is 9.98. The van der Waals surface area contributed by atoms with Crippen LogP contribution in [0.25, 0.3) is 0 Å². The highest BCUT2D eigenvalue weighted by atomic mass is 19.4. The molecular formula is C14H16F3NO6. The molecule has 1 saturated heterocycles. The van der Waals surface area contributed by atoms with E-state index in [2.05, 4.69) is 4.42 Å². The van der Waals surface area contributed by atoms with Gasteiger partial charge in [0, 0.05) is 19.2 Å². The predicted octanol–water partition coefficient (Wildman–Crippen LogP) is 2.00. The molecule has 134 valence electrons. The topological polar surface area (TPSA) is 100 Å². The number of nitrogens with zero attached hydrogens (tertiary/aromatic N) is 1. The van der Waals surface area contributed by atoms with Gasteiger partial charge in [0.25, 0.3) is 0 Å². The normalized spacial score (nSPS) is 17.6. The Morgan fingerprint density at radius 2 is 2.04 bits per heavy atom. The van der Waals surface area contributed by atoms with E-state index in [0.29, 0.717) is 32.0 Å². The summed E-state index contributed by atoms with van der Waals surface area (Å²) in [6, 6.07) is 0.542. The number of aliphatic hydroxyl groups excluding tert-OH is 1. The van der Waals surface area contributed by atoms with E-state index < -0.39 is 29.6 Å². The van der Waals surface area contributed by atoms with Gasteiger partial charge in [-0.25, -0.2) is 4.79 Å². The molecule has 1 amide bonds. The Hall–Kier alpha value is -2.23. The molecule has 1 fully saturated rings. The lowest BCUT2D eigenvalue weighted by molar-refractivity contribution is -0.212.